The zero-order chi connectivity index (χ0) is 24.4. The van der Waals surface area contributed by atoms with Gasteiger partial charge in [0.2, 0.25) is 5.91 Å². The first-order valence-electron chi connectivity index (χ1n) is 11.9. The van der Waals surface area contributed by atoms with Crippen LogP contribution in [0.3, 0.4) is 0 Å². The highest BCUT2D eigenvalue weighted by Crippen LogP contribution is 2.34. The summed E-state index contributed by atoms with van der Waals surface area (Å²) in [6.07, 6.45) is 2.88. The zero-order valence-electron chi connectivity index (χ0n) is 19.6. The van der Waals surface area contributed by atoms with Gasteiger partial charge in [0.15, 0.2) is 5.15 Å². The quantitative estimate of drug-likeness (QED) is 0.305. The van der Waals surface area contributed by atoms with Gasteiger partial charge in [-0.05, 0) is 48.1 Å². The highest BCUT2D eigenvalue weighted by Gasteiger charge is 2.29. The monoisotopic (exact) mass is 505 g/mol. The Morgan fingerprint density at radius 2 is 1.89 bits per heavy atom. The van der Waals surface area contributed by atoms with Crippen LogP contribution in [-0.4, -0.2) is 20.6 Å². The Hall–Kier alpha value is -2.93. The number of aromatic nitrogens is 2. The highest BCUT2D eigenvalue weighted by molar-refractivity contribution is 7.12. The summed E-state index contributed by atoms with van der Waals surface area (Å²) in [5.41, 5.74) is 5.30. The molecule has 7 heteroatoms. The molecule has 0 unspecified atom stereocenters. The third-order valence-electron chi connectivity index (χ3n) is 6.42. The summed E-state index contributed by atoms with van der Waals surface area (Å²) in [7, 11) is 0. The van der Waals surface area contributed by atoms with Gasteiger partial charge in [-0.25, -0.2) is 4.98 Å². The van der Waals surface area contributed by atoms with Gasteiger partial charge in [0.05, 0.1) is 18.8 Å². The van der Waals surface area contributed by atoms with E-state index in [9.17, 15) is 9.90 Å². The first-order valence-corrected chi connectivity index (χ1v) is 13.1. The number of hydrogen-bond donors (Lipinski definition) is 2. The number of carbonyl (C=O) groups excluding carboxylic acids is 1. The second-order valence-electron chi connectivity index (χ2n) is 9.04. The van der Waals surface area contributed by atoms with E-state index < -0.39 is 0 Å². The fraction of sp³-hybridized carbons (Fsp3) is 0.286. The number of imidazole rings is 1. The smallest absolute Gasteiger partial charge is 0.223 e. The zero-order valence-corrected chi connectivity index (χ0v) is 21.2. The summed E-state index contributed by atoms with van der Waals surface area (Å²) >= 11 is 7.92. The molecule has 1 aliphatic carbocycles. The van der Waals surface area contributed by atoms with Crippen LogP contribution in [0.1, 0.15) is 45.2 Å². The average molecular weight is 506 g/mol. The van der Waals surface area contributed by atoms with E-state index in [1.54, 1.807) is 11.3 Å². The summed E-state index contributed by atoms with van der Waals surface area (Å²) in [5.74, 6) is 1.14. The third-order valence-corrected chi connectivity index (χ3v) is 7.86. The molecule has 0 spiro atoms. The molecule has 35 heavy (non-hydrogen) atoms. The topological polar surface area (TPSA) is 67.2 Å². The van der Waals surface area contributed by atoms with E-state index in [4.69, 9.17) is 11.6 Å². The van der Waals surface area contributed by atoms with Crippen LogP contribution in [0.4, 0.5) is 0 Å². The molecule has 0 atom stereocenters. The van der Waals surface area contributed by atoms with E-state index in [2.05, 4.69) is 64.9 Å². The third kappa shape index (κ3) is 5.50. The van der Waals surface area contributed by atoms with E-state index in [-0.39, 0.29) is 18.4 Å². The van der Waals surface area contributed by atoms with E-state index in [1.165, 1.54) is 20.9 Å². The molecule has 2 aromatic heterocycles. The number of rotatable bonds is 9. The van der Waals surface area contributed by atoms with Crippen LogP contribution in [0.5, 0.6) is 0 Å². The Balaban J connectivity index is 1.39. The van der Waals surface area contributed by atoms with Crippen molar-refractivity contribution in [2.75, 3.05) is 0 Å². The Morgan fingerprint density at radius 3 is 2.57 bits per heavy atom. The average Bonchev–Trinajstić information content (AvgIpc) is 3.59. The molecule has 0 radical (unpaired) electrons. The molecule has 4 aromatic rings. The first kappa shape index (κ1) is 23.8. The predicted octanol–water partition coefficient (Wildman–Crippen LogP) is 5.73. The van der Waals surface area contributed by atoms with Crippen molar-refractivity contribution in [2.45, 2.75) is 45.9 Å². The van der Waals surface area contributed by atoms with Gasteiger partial charge in [-0.2, -0.15) is 0 Å². The van der Waals surface area contributed by atoms with Gasteiger partial charge in [-0.1, -0.05) is 66.2 Å². The number of thiophene rings is 1. The summed E-state index contributed by atoms with van der Waals surface area (Å²) in [4.78, 5) is 19.0. The van der Waals surface area contributed by atoms with Crippen molar-refractivity contribution in [1.82, 2.24) is 14.9 Å². The molecule has 180 valence electrons. The maximum atomic E-state index is 12.3. The Bertz CT molecular complexity index is 1320. The lowest BCUT2D eigenvalue weighted by molar-refractivity contribution is -0.122. The fourth-order valence-electron chi connectivity index (χ4n) is 4.31. The molecule has 2 heterocycles. The molecule has 1 aliphatic rings. The second-order valence-corrected chi connectivity index (χ2v) is 10.6. The van der Waals surface area contributed by atoms with Crippen molar-refractivity contribution in [3.8, 4) is 11.1 Å². The molecular formula is C28H28ClN3O2S. The lowest BCUT2D eigenvalue weighted by Gasteiger charge is -2.10. The summed E-state index contributed by atoms with van der Waals surface area (Å²) in [6.45, 7) is 2.89. The summed E-state index contributed by atoms with van der Waals surface area (Å²) < 4.78 is 1.94. The van der Waals surface area contributed by atoms with E-state index in [0.717, 1.165) is 36.2 Å². The van der Waals surface area contributed by atoms with E-state index in [0.29, 0.717) is 23.9 Å². The van der Waals surface area contributed by atoms with Crippen LogP contribution in [0.25, 0.3) is 11.1 Å². The van der Waals surface area contributed by atoms with Gasteiger partial charge in [0, 0.05) is 28.6 Å². The Labute approximate surface area is 214 Å². The van der Waals surface area contributed by atoms with Crippen LogP contribution >= 0.6 is 22.9 Å². The lowest BCUT2D eigenvalue weighted by atomic mass is 10.0. The van der Waals surface area contributed by atoms with Gasteiger partial charge < -0.3 is 15.0 Å². The lowest BCUT2D eigenvalue weighted by Crippen LogP contribution is -2.23. The molecular weight excluding hydrogens is 478 g/mol. The molecule has 1 fully saturated rings. The molecule has 1 saturated carbocycles. The van der Waals surface area contributed by atoms with Crippen molar-refractivity contribution >= 4 is 28.8 Å². The van der Waals surface area contributed by atoms with Crippen LogP contribution < -0.4 is 5.32 Å². The number of aryl methyl sites for hydroxylation is 1. The largest absolute Gasteiger partial charge is 0.390 e. The summed E-state index contributed by atoms with van der Waals surface area (Å²) in [6, 6.07) is 21.2. The number of hydrogen-bond acceptors (Lipinski definition) is 4. The number of nitrogens with one attached hydrogen (secondary N) is 1. The number of amides is 1. The molecule has 5 nitrogen and oxygen atoms in total. The number of benzene rings is 2. The number of aliphatic hydroxyl groups is 1. The molecule has 2 aromatic carbocycles. The first-order chi connectivity index (χ1) is 17.0. The molecule has 0 saturated heterocycles. The maximum Gasteiger partial charge on any atom is 0.223 e. The van der Waals surface area contributed by atoms with Gasteiger partial charge >= 0.3 is 0 Å². The van der Waals surface area contributed by atoms with Crippen molar-refractivity contribution < 1.29 is 9.90 Å². The second kappa shape index (κ2) is 10.4. The van der Waals surface area contributed by atoms with Gasteiger partial charge in [-0.15, -0.1) is 11.3 Å². The number of carbonyl (C=O) groups is 1. The number of halogens is 1. The Kier molecular flexibility index (Phi) is 7.04. The number of aliphatic hydroxyl groups excluding tert-OH is 1. The molecule has 5 rings (SSSR count). The van der Waals surface area contributed by atoms with Gasteiger partial charge in [0.1, 0.15) is 5.82 Å². The maximum absolute atomic E-state index is 12.3. The van der Waals surface area contributed by atoms with Crippen molar-refractivity contribution in [2.24, 2.45) is 5.92 Å². The molecule has 1 amide bonds. The van der Waals surface area contributed by atoms with Crippen LogP contribution in [0.2, 0.25) is 5.15 Å². The molecule has 0 aliphatic heterocycles. The Morgan fingerprint density at radius 1 is 1.14 bits per heavy atom. The van der Waals surface area contributed by atoms with Crippen molar-refractivity contribution in [1.29, 1.82) is 0 Å². The predicted molar refractivity (Wildman–Crippen MR) is 141 cm³/mol. The minimum Gasteiger partial charge on any atom is -0.390 e. The normalized spacial score (nSPS) is 13.2. The minimum atomic E-state index is -0.146. The number of nitrogens with zero attached hydrogens (tertiary/aromatic N) is 2. The van der Waals surface area contributed by atoms with E-state index in [1.807, 2.05) is 17.6 Å². The van der Waals surface area contributed by atoms with Crippen LogP contribution in [-0.2, 0) is 30.9 Å². The van der Waals surface area contributed by atoms with Crippen LogP contribution in [0, 0.1) is 12.8 Å². The van der Waals surface area contributed by atoms with Crippen LogP contribution in [0.15, 0.2) is 60.7 Å². The SMILES string of the molecule is Cc1nc(Cl)c(CO)n1Cc1ccc(-c2cc(Cc3ccccc3)sc2CNC(=O)C2CC2)cc1. The minimum absolute atomic E-state index is 0.146. The van der Waals surface area contributed by atoms with Crippen molar-refractivity contribution in [3.05, 3.63) is 98.2 Å². The fourth-order valence-corrected chi connectivity index (χ4v) is 5.75. The summed E-state index contributed by atoms with van der Waals surface area (Å²) in [5, 5.41) is 13.2. The standard InChI is InChI=1S/C28H28ClN3O2S/c1-18-31-27(29)25(17-33)32(18)16-20-7-9-21(10-8-20)24-14-23(13-19-5-3-2-4-6-19)35-26(24)15-30-28(34)22-11-12-22/h2-10,14,22,33H,11-13,15-17H2,1H3,(H,30,34). The van der Waals surface area contributed by atoms with Gasteiger partial charge in [0.25, 0.3) is 0 Å². The highest BCUT2D eigenvalue weighted by atomic mass is 35.5. The van der Waals surface area contributed by atoms with E-state index >= 15 is 0 Å². The molecule has 0 bridgehead atoms. The molecule has 2 N–H and O–H groups in total. The van der Waals surface area contributed by atoms with Gasteiger partial charge in [-0.3, -0.25) is 4.79 Å². The van der Waals surface area contributed by atoms with Crippen molar-refractivity contribution in [3.63, 3.8) is 0 Å².